The average molecular weight is 218 g/mol. The molecule has 0 unspecified atom stereocenters. The van der Waals surface area contributed by atoms with Gasteiger partial charge >= 0.3 is 0 Å². The van der Waals surface area contributed by atoms with Crippen molar-refractivity contribution in [2.24, 2.45) is 5.41 Å². The molecule has 0 nitrogen and oxygen atoms in total. The summed E-state index contributed by atoms with van der Waals surface area (Å²) < 4.78 is 0. The Morgan fingerprint density at radius 3 is 2.44 bits per heavy atom. The molecule has 0 aromatic carbocycles. The summed E-state index contributed by atoms with van der Waals surface area (Å²) in [4.78, 5) is 0. The Balaban J connectivity index is 1.96. The van der Waals surface area contributed by atoms with Crippen molar-refractivity contribution >= 4 is 0 Å². The molecule has 0 aromatic heterocycles. The molecular weight excluding hydrogens is 192 g/mol. The number of rotatable bonds is 1. The summed E-state index contributed by atoms with van der Waals surface area (Å²) >= 11 is 0. The Kier molecular flexibility index (Phi) is 3.89. The van der Waals surface area contributed by atoms with Gasteiger partial charge in [-0.05, 0) is 70.1 Å². The summed E-state index contributed by atoms with van der Waals surface area (Å²) in [6.45, 7) is 4.51. The maximum Gasteiger partial charge on any atom is -0.0285 e. The second kappa shape index (κ2) is 5.21. The van der Waals surface area contributed by atoms with Gasteiger partial charge in [0, 0.05) is 0 Å². The topological polar surface area (TPSA) is 0 Å². The van der Waals surface area contributed by atoms with E-state index in [9.17, 15) is 0 Å². The van der Waals surface area contributed by atoms with E-state index in [4.69, 9.17) is 0 Å². The molecule has 0 amide bonds. The molecule has 0 heteroatoms. The quantitative estimate of drug-likeness (QED) is 0.517. The standard InChI is InChI=1S/C16H26/c1-3-14-6-5-10-16(11-7-14)12-8-15(4-2)9-13-16/h4,6H,3,5,7-13H2,1-2H3. The third-order valence-corrected chi connectivity index (χ3v) is 4.90. The van der Waals surface area contributed by atoms with Crippen LogP contribution in [0.5, 0.6) is 0 Å². The van der Waals surface area contributed by atoms with Crippen LogP contribution in [0.4, 0.5) is 0 Å². The van der Waals surface area contributed by atoms with Crippen molar-refractivity contribution in [1.82, 2.24) is 0 Å². The highest BCUT2D eigenvalue weighted by atomic mass is 14.4. The zero-order valence-corrected chi connectivity index (χ0v) is 11.0. The van der Waals surface area contributed by atoms with Gasteiger partial charge in [0.05, 0.1) is 0 Å². The molecule has 0 bridgehead atoms. The van der Waals surface area contributed by atoms with Gasteiger partial charge < -0.3 is 0 Å². The van der Waals surface area contributed by atoms with Crippen LogP contribution in [-0.2, 0) is 0 Å². The monoisotopic (exact) mass is 218 g/mol. The van der Waals surface area contributed by atoms with Crippen molar-refractivity contribution < 1.29 is 0 Å². The van der Waals surface area contributed by atoms with Gasteiger partial charge in [0.2, 0.25) is 0 Å². The fourth-order valence-corrected chi connectivity index (χ4v) is 3.45. The average Bonchev–Trinajstić information content (AvgIpc) is 2.53. The highest BCUT2D eigenvalue weighted by Gasteiger charge is 2.33. The first kappa shape index (κ1) is 12.0. The molecule has 0 radical (unpaired) electrons. The van der Waals surface area contributed by atoms with E-state index in [2.05, 4.69) is 26.0 Å². The Morgan fingerprint density at radius 2 is 1.81 bits per heavy atom. The highest BCUT2D eigenvalue weighted by Crippen LogP contribution is 2.47. The Labute approximate surface area is 101 Å². The lowest BCUT2D eigenvalue weighted by Crippen LogP contribution is -2.24. The second-order valence-electron chi connectivity index (χ2n) is 5.70. The van der Waals surface area contributed by atoms with Crippen molar-refractivity contribution in [3.63, 3.8) is 0 Å². The fraction of sp³-hybridized carbons (Fsp3) is 0.750. The molecule has 1 spiro atoms. The van der Waals surface area contributed by atoms with Crippen molar-refractivity contribution in [2.45, 2.75) is 71.6 Å². The van der Waals surface area contributed by atoms with E-state index >= 15 is 0 Å². The van der Waals surface area contributed by atoms with E-state index < -0.39 is 0 Å². The van der Waals surface area contributed by atoms with Gasteiger partial charge in [0.1, 0.15) is 0 Å². The molecule has 0 N–H and O–H groups in total. The molecule has 1 saturated carbocycles. The zero-order valence-electron chi connectivity index (χ0n) is 11.0. The first-order chi connectivity index (χ1) is 7.78. The van der Waals surface area contributed by atoms with Gasteiger partial charge in [-0.1, -0.05) is 30.2 Å². The van der Waals surface area contributed by atoms with Crippen LogP contribution in [0.3, 0.4) is 0 Å². The molecule has 16 heavy (non-hydrogen) atoms. The van der Waals surface area contributed by atoms with E-state index in [1.54, 1.807) is 11.1 Å². The highest BCUT2D eigenvalue weighted by molar-refractivity contribution is 5.11. The summed E-state index contributed by atoms with van der Waals surface area (Å²) in [6.07, 6.45) is 17.4. The lowest BCUT2D eigenvalue weighted by atomic mass is 9.68. The van der Waals surface area contributed by atoms with Crippen molar-refractivity contribution in [1.29, 1.82) is 0 Å². The number of hydrogen-bond acceptors (Lipinski definition) is 0. The number of allylic oxidation sites excluding steroid dienone is 4. The van der Waals surface area contributed by atoms with Crippen LogP contribution in [0, 0.1) is 5.41 Å². The summed E-state index contributed by atoms with van der Waals surface area (Å²) in [7, 11) is 0. The maximum absolute atomic E-state index is 2.53. The van der Waals surface area contributed by atoms with Gasteiger partial charge in [-0.25, -0.2) is 0 Å². The molecule has 0 aliphatic heterocycles. The minimum atomic E-state index is 0.708. The van der Waals surface area contributed by atoms with Crippen LogP contribution in [0.25, 0.3) is 0 Å². The summed E-state index contributed by atoms with van der Waals surface area (Å²) in [5, 5.41) is 0. The SMILES string of the molecule is CC=C1CCC2(CCC=C(CC)CC2)CC1. The van der Waals surface area contributed by atoms with E-state index in [0.29, 0.717) is 5.41 Å². The van der Waals surface area contributed by atoms with E-state index in [0.717, 1.165) is 0 Å². The van der Waals surface area contributed by atoms with Crippen LogP contribution in [0.2, 0.25) is 0 Å². The molecule has 0 saturated heterocycles. The molecule has 90 valence electrons. The predicted octanol–water partition coefficient (Wildman–Crippen LogP) is 5.40. The van der Waals surface area contributed by atoms with Crippen LogP contribution in [0.1, 0.15) is 71.6 Å². The predicted molar refractivity (Wildman–Crippen MR) is 71.5 cm³/mol. The van der Waals surface area contributed by atoms with Crippen molar-refractivity contribution in [2.75, 3.05) is 0 Å². The lowest BCUT2D eigenvalue weighted by molar-refractivity contribution is 0.185. The second-order valence-corrected chi connectivity index (χ2v) is 5.70. The summed E-state index contributed by atoms with van der Waals surface area (Å²) in [6, 6.07) is 0. The first-order valence-corrected chi connectivity index (χ1v) is 7.10. The minimum absolute atomic E-state index is 0.708. The Hall–Kier alpha value is -0.520. The van der Waals surface area contributed by atoms with Crippen molar-refractivity contribution in [3.05, 3.63) is 23.3 Å². The molecule has 2 aliphatic carbocycles. The molecule has 2 rings (SSSR count). The normalized spacial score (nSPS) is 31.1. The van der Waals surface area contributed by atoms with Gasteiger partial charge in [-0.2, -0.15) is 0 Å². The van der Waals surface area contributed by atoms with E-state index in [1.807, 2.05) is 0 Å². The third-order valence-electron chi connectivity index (χ3n) is 4.90. The fourth-order valence-electron chi connectivity index (χ4n) is 3.45. The Morgan fingerprint density at radius 1 is 1.12 bits per heavy atom. The zero-order chi connectivity index (χ0) is 11.4. The smallest absolute Gasteiger partial charge is 0.0285 e. The minimum Gasteiger partial charge on any atom is -0.0885 e. The third kappa shape index (κ3) is 2.59. The maximum atomic E-state index is 2.53. The summed E-state index contributed by atoms with van der Waals surface area (Å²) in [5.41, 5.74) is 4.13. The van der Waals surface area contributed by atoms with E-state index in [1.165, 1.54) is 57.8 Å². The molecule has 2 aliphatic rings. The Bertz CT molecular complexity index is 283. The molecule has 0 aromatic rings. The molecule has 0 heterocycles. The molecular formula is C16H26. The number of hydrogen-bond donors (Lipinski definition) is 0. The lowest BCUT2D eigenvalue weighted by Gasteiger charge is -2.38. The summed E-state index contributed by atoms with van der Waals surface area (Å²) in [5.74, 6) is 0. The van der Waals surface area contributed by atoms with Gasteiger partial charge in [0.25, 0.3) is 0 Å². The largest absolute Gasteiger partial charge is 0.0885 e. The van der Waals surface area contributed by atoms with Gasteiger partial charge in [-0.3, -0.25) is 0 Å². The van der Waals surface area contributed by atoms with Gasteiger partial charge in [-0.15, -0.1) is 0 Å². The van der Waals surface area contributed by atoms with E-state index in [-0.39, 0.29) is 0 Å². The molecule has 1 fully saturated rings. The van der Waals surface area contributed by atoms with Crippen LogP contribution >= 0.6 is 0 Å². The van der Waals surface area contributed by atoms with Crippen molar-refractivity contribution in [3.8, 4) is 0 Å². The van der Waals surface area contributed by atoms with Crippen LogP contribution < -0.4 is 0 Å². The van der Waals surface area contributed by atoms with Gasteiger partial charge in [0.15, 0.2) is 0 Å². The van der Waals surface area contributed by atoms with Crippen LogP contribution in [-0.4, -0.2) is 0 Å². The molecule has 0 atom stereocenters. The van der Waals surface area contributed by atoms with Crippen LogP contribution in [0.15, 0.2) is 23.3 Å². The first-order valence-electron chi connectivity index (χ1n) is 7.10.